The first-order valence-corrected chi connectivity index (χ1v) is 5.02. The van der Waals surface area contributed by atoms with Crippen LogP contribution in [0, 0.1) is 0 Å². The number of methoxy groups -OCH3 is 1. The van der Waals surface area contributed by atoms with Crippen LogP contribution in [0.3, 0.4) is 0 Å². The number of carbonyl (C=O) groups excluding carboxylic acids is 1. The second kappa shape index (κ2) is 5.85. The van der Waals surface area contributed by atoms with E-state index in [0.29, 0.717) is 30.4 Å². The lowest BCUT2D eigenvalue weighted by molar-refractivity contribution is 0.0971. The predicted molar refractivity (Wildman–Crippen MR) is 57.1 cm³/mol. The number of hydrogen-bond donors (Lipinski definition) is 1. The average molecular weight is 232 g/mol. The van der Waals surface area contributed by atoms with Gasteiger partial charge in [-0.1, -0.05) is 11.6 Å². The molecule has 0 spiro atoms. The Hall–Kier alpha value is -0.910. The molecule has 0 radical (unpaired) electrons. The van der Waals surface area contributed by atoms with Crippen molar-refractivity contribution in [3.05, 3.63) is 16.9 Å². The Morgan fingerprint density at radius 1 is 1.73 bits per heavy atom. The Morgan fingerprint density at radius 2 is 2.47 bits per heavy atom. The number of carbonyl (C=O) groups is 1. The summed E-state index contributed by atoms with van der Waals surface area (Å²) in [6.07, 6.45) is 1.74. The fraction of sp³-hybridized carbons (Fsp3) is 0.556. The van der Waals surface area contributed by atoms with E-state index in [1.165, 1.54) is 6.20 Å². The number of nitrogens with zero attached hydrogens (tertiary/aromatic N) is 2. The lowest BCUT2D eigenvalue weighted by Gasteiger charge is -2.05. The third-order valence-corrected chi connectivity index (χ3v) is 2.21. The Labute approximate surface area is 93.1 Å². The van der Waals surface area contributed by atoms with Crippen LogP contribution < -0.4 is 5.73 Å². The van der Waals surface area contributed by atoms with Crippen molar-refractivity contribution in [1.29, 1.82) is 0 Å². The van der Waals surface area contributed by atoms with Crippen LogP contribution in [-0.2, 0) is 11.3 Å². The first kappa shape index (κ1) is 12.2. The van der Waals surface area contributed by atoms with E-state index in [4.69, 9.17) is 22.1 Å². The Bertz CT molecular complexity index is 338. The number of ether oxygens (including phenoxy) is 1. The molecule has 0 aromatic carbocycles. The molecule has 0 aliphatic carbocycles. The summed E-state index contributed by atoms with van der Waals surface area (Å²) in [6.45, 7) is 1.31. The molecule has 1 rings (SSSR count). The number of Topliss-reactive ketones (excluding diaryl/α,β-unsaturated/α-hetero) is 1. The van der Waals surface area contributed by atoms with Gasteiger partial charge in [0.15, 0.2) is 5.78 Å². The summed E-state index contributed by atoms with van der Waals surface area (Å²) < 4.78 is 6.46. The van der Waals surface area contributed by atoms with Gasteiger partial charge in [-0.15, -0.1) is 0 Å². The van der Waals surface area contributed by atoms with Gasteiger partial charge in [-0.2, -0.15) is 5.10 Å². The lowest BCUT2D eigenvalue weighted by atomic mass is 10.2. The Morgan fingerprint density at radius 3 is 3.07 bits per heavy atom. The van der Waals surface area contributed by atoms with Gasteiger partial charge < -0.3 is 10.5 Å². The highest BCUT2D eigenvalue weighted by molar-refractivity contribution is 6.33. The van der Waals surface area contributed by atoms with Gasteiger partial charge in [-0.25, -0.2) is 0 Å². The summed E-state index contributed by atoms with van der Waals surface area (Å²) in [4.78, 5) is 11.6. The van der Waals surface area contributed by atoms with E-state index in [0.717, 1.165) is 0 Å². The first-order valence-electron chi connectivity index (χ1n) is 4.64. The molecule has 0 bridgehead atoms. The number of rotatable bonds is 6. The smallest absolute Gasteiger partial charge is 0.183 e. The average Bonchev–Trinajstić information content (AvgIpc) is 2.57. The van der Waals surface area contributed by atoms with Crippen LogP contribution >= 0.6 is 11.6 Å². The van der Waals surface area contributed by atoms with Crippen molar-refractivity contribution in [1.82, 2.24) is 9.78 Å². The van der Waals surface area contributed by atoms with Crippen LogP contribution in [0.1, 0.15) is 16.9 Å². The number of nitrogens with two attached hydrogens (primary N) is 1. The molecule has 0 aliphatic heterocycles. The van der Waals surface area contributed by atoms with Crippen molar-refractivity contribution < 1.29 is 9.53 Å². The van der Waals surface area contributed by atoms with Gasteiger partial charge >= 0.3 is 0 Å². The van der Waals surface area contributed by atoms with E-state index in [1.807, 2.05) is 0 Å². The minimum Gasteiger partial charge on any atom is -0.383 e. The second-order valence-electron chi connectivity index (χ2n) is 3.02. The summed E-state index contributed by atoms with van der Waals surface area (Å²) in [5.41, 5.74) is 5.73. The van der Waals surface area contributed by atoms with Gasteiger partial charge in [0.25, 0.3) is 0 Å². The molecule has 5 nitrogen and oxygen atoms in total. The predicted octanol–water partition coefficient (Wildman–Crippen LogP) is 0.714. The molecule has 15 heavy (non-hydrogen) atoms. The lowest BCUT2D eigenvalue weighted by Crippen LogP contribution is -2.16. The van der Waals surface area contributed by atoms with E-state index < -0.39 is 0 Å². The van der Waals surface area contributed by atoms with E-state index in [9.17, 15) is 4.79 Å². The van der Waals surface area contributed by atoms with Gasteiger partial charge in [0.1, 0.15) is 5.69 Å². The normalized spacial score (nSPS) is 10.6. The maximum absolute atomic E-state index is 11.6. The molecule has 0 unspecified atom stereocenters. The van der Waals surface area contributed by atoms with Gasteiger partial charge in [-0.3, -0.25) is 9.48 Å². The summed E-state index contributed by atoms with van der Waals surface area (Å²) in [5, 5.41) is 4.36. The van der Waals surface area contributed by atoms with Crippen LogP contribution in [0.15, 0.2) is 6.20 Å². The molecule has 0 amide bonds. The molecule has 84 valence electrons. The zero-order valence-corrected chi connectivity index (χ0v) is 9.33. The van der Waals surface area contributed by atoms with E-state index in [-0.39, 0.29) is 12.2 Å². The standard InChI is InChI=1S/C9H14ClN3O2/c1-15-5-4-13-9(7(10)6-12-13)8(14)2-3-11/h6H,2-5,11H2,1H3. The third-order valence-electron chi connectivity index (χ3n) is 1.94. The number of ketones is 1. The number of hydrogen-bond acceptors (Lipinski definition) is 4. The van der Waals surface area contributed by atoms with E-state index in [2.05, 4.69) is 5.10 Å². The zero-order chi connectivity index (χ0) is 11.3. The number of aromatic nitrogens is 2. The maximum atomic E-state index is 11.6. The molecular formula is C9H14ClN3O2. The quantitative estimate of drug-likeness (QED) is 0.733. The van der Waals surface area contributed by atoms with Crippen molar-refractivity contribution in [3.8, 4) is 0 Å². The fourth-order valence-corrected chi connectivity index (χ4v) is 1.48. The van der Waals surface area contributed by atoms with Crippen LogP contribution in [0.5, 0.6) is 0 Å². The second-order valence-corrected chi connectivity index (χ2v) is 3.43. The molecule has 1 aromatic rings. The Balaban J connectivity index is 2.83. The molecule has 2 N–H and O–H groups in total. The van der Waals surface area contributed by atoms with Crippen molar-refractivity contribution in [2.24, 2.45) is 5.73 Å². The van der Waals surface area contributed by atoms with Gasteiger partial charge in [0.2, 0.25) is 0 Å². The number of halogens is 1. The highest BCUT2D eigenvalue weighted by atomic mass is 35.5. The molecule has 0 saturated carbocycles. The minimum atomic E-state index is -0.0869. The molecule has 6 heteroatoms. The SMILES string of the molecule is COCCn1ncc(Cl)c1C(=O)CCN. The van der Waals surface area contributed by atoms with E-state index >= 15 is 0 Å². The van der Waals surface area contributed by atoms with Crippen molar-refractivity contribution >= 4 is 17.4 Å². The molecule has 0 saturated heterocycles. The molecule has 1 heterocycles. The van der Waals surface area contributed by atoms with Gasteiger partial charge in [0.05, 0.1) is 24.4 Å². The minimum absolute atomic E-state index is 0.0869. The van der Waals surface area contributed by atoms with Crippen molar-refractivity contribution in [2.75, 3.05) is 20.3 Å². The summed E-state index contributed by atoms with van der Waals surface area (Å²) in [5.74, 6) is -0.0869. The van der Waals surface area contributed by atoms with Crippen LogP contribution in [-0.4, -0.2) is 35.8 Å². The maximum Gasteiger partial charge on any atom is 0.183 e. The Kier molecular flexibility index (Phi) is 4.74. The van der Waals surface area contributed by atoms with Gasteiger partial charge in [0, 0.05) is 13.5 Å². The summed E-state index contributed by atoms with van der Waals surface area (Å²) in [7, 11) is 1.59. The summed E-state index contributed by atoms with van der Waals surface area (Å²) in [6, 6.07) is 0. The highest BCUT2D eigenvalue weighted by Crippen LogP contribution is 2.16. The van der Waals surface area contributed by atoms with Crippen molar-refractivity contribution in [3.63, 3.8) is 0 Å². The summed E-state index contributed by atoms with van der Waals surface area (Å²) >= 11 is 5.87. The molecule has 1 aromatic heterocycles. The monoisotopic (exact) mass is 231 g/mol. The molecular weight excluding hydrogens is 218 g/mol. The highest BCUT2D eigenvalue weighted by Gasteiger charge is 2.16. The first-order chi connectivity index (χ1) is 7.20. The van der Waals surface area contributed by atoms with Gasteiger partial charge in [-0.05, 0) is 6.54 Å². The zero-order valence-electron chi connectivity index (χ0n) is 8.57. The topological polar surface area (TPSA) is 70.1 Å². The third kappa shape index (κ3) is 3.02. The largest absolute Gasteiger partial charge is 0.383 e. The van der Waals surface area contributed by atoms with Crippen LogP contribution in [0.2, 0.25) is 5.02 Å². The van der Waals surface area contributed by atoms with E-state index in [1.54, 1.807) is 11.8 Å². The molecule has 0 fully saturated rings. The fourth-order valence-electron chi connectivity index (χ4n) is 1.24. The van der Waals surface area contributed by atoms with Crippen LogP contribution in [0.4, 0.5) is 0 Å². The molecule has 0 atom stereocenters. The molecule has 0 aliphatic rings. The van der Waals surface area contributed by atoms with Crippen molar-refractivity contribution in [2.45, 2.75) is 13.0 Å². The van der Waals surface area contributed by atoms with Crippen LogP contribution in [0.25, 0.3) is 0 Å².